The fourth-order valence-electron chi connectivity index (χ4n) is 2.95. The van der Waals surface area contributed by atoms with E-state index in [0.717, 1.165) is 22.1 Å². The van der Waals surface area contributed by atoms with E-state index >= 15 is 0 Å². The van der Waals surface area contributed by atoms with Gasteiger partial charge < -0.3 is 11.1 Å². The number of rotatable bonds is 5. The number of para-hydroxylation sites is 2. The van der Waals surface area contributed by atoms with Crippen molar-refractivity contribution in [1.29, 1.82) is 0 Å². The molecule has 124 valence electrons. The van der Waals surface area contributed by atoms with Gasteiger partial charge in [-0.3, -0.25) is 9.20 Å². The zero-order chi connectivity index (χ0) is 17.2. The maximum Gasteiger partial charge on any atom is 0.240 e. The Balaban J connectivity index is 1.74. The molecule has 0 spiro atoms. The summed E-state index contributed by atoms with van der Waals surface area (Å²) in [4.78, 5) is 20.8. The van der Waals surface area contributed by atoms with Crippen LogP contribution in [0.5, 0.6) is 0 Å². The van der Waals surface area contributed by atoms with Gasteiger partial charge in [0.05, 0.1) is 23.6 Å². The maximum absolute atomic E-state index is 12.0. The molecule has 1 amide bonds. The van der Waals surface area contributed by atoms with Crippen molar-refractivity contribution in [3.63, 3.8) is 0 Å². The molecule has 0 bridgehead atoms. The van der Waals surface area contributed by atoms with E-state index in [0.29, 0.717) is 12.2 Å². The number of carbonyl (C=O) groups excluding carboxylic acids is 1. The lowest BCUT2D eigenvalue weighted by Gasteiger charge is -2.17. The first-order valence-corrected chi connectivity index (χ1v) is 8.03. The first-order valence-electron chi connectivity index (χ1n) is 8.03. The van der Waals surface area contributed by atoms with E-state index < -0.39 is 11.9 Å². The lowest BCUT2D eigenvalue weighted by molar-refractivity contribution is -0.118. The molecule has 3 N–H and O–H groups in total. The molecule has 1 unspecified atom stereocenters. The molecule has 2 heterocycles. The minimum absolute atomic E-state index is 0.420. The van der Waals surface area contributed by atoms with Crippen LogP contribution in [0.1, 0.15) is 5.56 Å². The second-order valence-corrected chi connectivity index (χ2v) is 5.89. The van der Waals surface area contributed by atoms with Gasteiger partial charge in [0, 0.05) is 6.42 Å². The van der Waals surface area contributed by atoms with Crippen molar-refractivity contribution < 1.29 is 4.79 Å². The van der Waals surface area contributed by atoms with Gasteiger partial charge in [-0.05, 0) is 17.7 Å². The normalized spacial score (nSPS) is 12.3. The van der Waals surface area contributed by atoms with Crippen LogP contribution in [0, 0.1) is 0 Å². The van der Waals surface area contributed by atoms with Crippen LogP contribution in [0.2, 0.25) is 0 Å². The Morgan fingerprint density at radius 3 is 2.64 bits per heavy atom. The Morgan fingerprint density at radius 1 is 1.08 bits per heavy atom. The molecule has 0 aliphatic carbocycles. The van der Waals surface area contributed by atoms with Gasteiger partial charge in [-0.25, -0.2) is 9.97 Å². The average Bonchev–Trinajstić information content (AvgIpc) is 3.12. The SMILES string of the molecule is NC(=O)C(Cc1ccccc1)Nc1nc2ccccc2n2cncc12. The fraction of sp³-hybridized carbons (Fsp3) is 0.105. The number of hydrogen-bond acceptors (Lipinski definition) is 4. The van der Waals surface area contributed by atoms with Crippen molar-refractivity contribution in [3.05, 3.63) is 72.7 Å². The first kappa shape index (κ1) is 15.1. The van der Waals surface area contributed by atoms with Crippen LogP contribution in [-0.4, -0.2) is 26.3 Å². The van der Waals surface area contributed by atoms with E-state index in [-0.39, 0.29) is 0 Å². The molecule has 1 atom stereocenters. The van der Waals surface area contributed by atoms with Gasteiger partial charge in [-0.1, -0.05) is 42.5 Å². The number of amides is 1. The van der Waals surface area contributed by atoms with Crippen molar-refractivity contribution >= 4 is 28.3 Å². The number of fused-ring (bicyclic) bond motifs is 3. The number of nitrogens with one attached hydrogen (secondary N) is 1. The number of imidazole rings is 1. The van der Waals surface area contributed by atoms with E-state index in [1.54, 1.807) is 12.5 Å². The molecule has 25 heavy (non-hydrogen) atoms. The largest absolute Gasteiger partial charge is 0.368 e. The summed E-state index contributed by atoms with van der Waals surface area (Å²) in [6.07, 6.45) is 3.95. The third-order valence-electron chi connectivity index (χ3n) is 4.19. The van der Waals surface area contributed by atoms with E-state index in [4.69, 9.17) is 5.73 Å². The lowest BCUT2D eigenvalue weighted by atomic mass is 10.1. The smallest absolute Gasteiger partial charge is 0.240 e. The standard InChI is InChI=1S/C19H17N5O/c20-18(25)15(10-13-6-2-1-3-7-13)23-19-17-11-21-12-24(17)16-9-5-4-8-14(16)22-19/h1-9,11-12,15H,10H2,(H2,20,25)(H,22,23). The Hall–Kier alpha value is -3.41. The van der Waals surface area contributed by atoms with Gasteiger partial charge in [-0.15, -0.1) is 0 Å². The highest BCUT2D eigenvalue weighted by atomic mass is 16.1. The molecule has 4 rings (SSSR count). The van der Waals surface area contributed by atoms with Crippen LogP contribution in [0.25, 0.3) is 16.6 Å². The summed E-state index contributed by atoms with van der Waals surface area (Å²) in [6.45, 7) is 0. The van der Waals surface area contributed by atoms with Gasteiger partial charge >= 0.3 is 0 Å². The summed E-state index contributed by atoms with van der Waals surface area (Å²) < 4.78 is 1.95. The molecule has 4 aromatic rings. The Morgan fingerprint density at radius 2 is 1.84 bits per heavy atom. The molecule has 0 radical (unpaired) electrons. The Bertz CT molecular complexity index is 1040. The molecule has 0 saturated heterocycles. The predicted octanol–water partition coefficient (Wildman–Crippen LogP) is 2.39. The van der Waals surface area contributed by atoms with Gasteiger partial charge in [-0.2, -0.15) is 0 Å². The van der Waals surface area contributed by atoms with Crippen LogP contribution >= 0.6 is 0 Å². The van der Waals surface area contributed by atoms with Crippen molar-refractivity contribution in [2.75, 3.05) is 5.32 Å². The average molecular weight is 331 g/mol. The minimum Gasteiger partial charge on any atom is -0.368 e. The molecular weight excluding hydrogens is 314 g/mol. The van der Waals surface area contributed by atoms with E-state index in [2.05, 4.69) is 15.3 Å². The molecule has 0 aliphatic heterocycles. The highest BCUT2D eigenvalue weighted by Crippen LogP contribution is 2.22. The van der Waals surface area contributed by atoms with Crippen LogP contribution in [-0.2, 0) is 11.2 Å². The van der Waals surface area contributed by atoms with Crippen molar-refractivity contribution in [2.24, 2.45) is 5.73 Å². The molecule has 0 fully saturated rings. The number of primary amides is 1. The Kier molecular flexibility index (Phi) is 3.78. The number of anilines is 1. The third-order valence-corrected chi connectivity index (χ3v) is 4.19. The van der Waals surface area contributed by atoms with E-state index in [1.807, 2.05) is 59.0 Å². The van der Waals surface area contributed by atoms with E-state index in [9.17, 15) is 4.79 Å². The second-order valence-electron chi connectivity index (χ2n) is 5.89. The zero-order valence-electron chi connectivity index (χ0n) is 13.5. The quantitative estimate of drug-likeness (QED) is 0.588. The van der Waals surface area contributed by atoms with Crippen molar-refractivity contribution in [2.45, 2.75) is 12.5 Å². The van der Waals surface area contributed by atoms with Crippen LogP contribution in [0.15, 0.2) is 67.1 Å². The lowest BCUT2D eigenvalue weighted by Crippen LogP contribution is -2.37. The summed E-state index contributed by atoms with van der Waals surface area (Å²) in [6, 6.07) is 17.0. The number of nitrogens with two attached hydrogens (primary N) is 1. The van der Waals surface area contributed by atoms with E-state index in [1.165, 1.54) is 0 Å². The van der Waals surface area contributed by atoms with Gasteiger partial charge in [0.1, 0.15) is 11.6 Å². The molecule has 2 aromatic carbocycles. The van der Waals surface area contributed by atoms with Gasteiger partial charge in [0.2, 0.25) is 5.91 Å². The fourth-order valence-corrected chi connectivity index (χ4v) is 2.95. The third kappa shape index (κ3) is 2.89. The van der Waals surface area contributed by atoms with Gasteiger partial charge in [0.15, 0.2) is 5.82 Å². The number of benzene rings is 2. The molecular formula is C19H17N5O. The predicted molar refractivity (Wildman–Crippen MR) is 97.2 cm³/mol. The number of aromatic nitrogens is 3. The molecule has 6 nitrogen and oxygen atoms in total. The highest BCUT2D eigenvalue weighted by molar-refractivity contribution is 5.88. The molecule has 2 aromatic heterocycles. The van der Waals surface area contributed by atoms with Crippen LogP contribution < -0.4 is 11.1 Å². The number of nitrogens with zero attached hydrogens (tertiary/aromatic N) is 3. The summed E-state index contributed by atoms with van der Waals surface area (Å²) in [7, 11) is 0. The molecule has 0 aliphatic rings. The monoisotopic (exact) mass is 331 g/mol. The second kappa shape index (κ2) is 6.24. The zero-order valence-corrected chi connectivity index (χ0v) is 13.5. The Labute approximate surface area is 144 Å². The maximum atomic E-state index is 12.0. The first-order chi connectivity index (χ1) is 12.2. The van der Waals surface area contributed by atoms with Gasteiger partial charge in [0.25, 0.3) is 0 Å². The van der Waals surface area contributed by atoms with Crippen molar-refractivity contribution in [3.8, 4) is 0 Å². The van der Waals surface area contributed by atoms with Crippen LogP contribution in [0.4, 0.5) is 5.82 Å². The summed E-state index contributed by atoms with van der Waals surface area (Å²) in [5, 5.41) is 3.20. The number of hydrogen-bond donors (Lipinski definition) is 2. The highest BCUT2D eigenvalue weighted by Gasteiger charge is 2.19. The summed E-state index contributed by atoms with van der Waals surface area (Å²) >= 11 is 0. The number of carbonyl (C=O) groups is 1. The van der Waals surface area contributed by atoms with Crippen molar-refractivity contribution in [1.82, 2.24) is 14.4 Å². The summed E-state index contributed by atoms with van der Waals surface area (Å²) in [5.74, 6) is 0.174. The molecule has 6 heteroatoms. The molecule has 0 saturated carbocycles. The minimum atomic E-state index is -0.560. The topological polar surface area (TPSA) is 85.3 Å². The van der Waals surface area contributed by atoms with Crippen LogP contribution in [0.3, 0.4) is 0 Å². The summed E-state index contributed by atoms with van der Waals surface area (Å²) in [5.41, 5.74) is 9.22.